The average Bonchev–Trinajstić information content (AvgIpc) is 3.16. The Bertz CT molecular complexity index is 998. The molecule has 0 amide bonds. The first-order valence-electron chi connectivity index (χ1n) is 9.16. The van der Waals surface area contributed by atoms with E-state index in [1.807, 2.05) is 40.3 Å². The Labute approximate surface area is 168 Å². The number of anilines is 3. The minimum absolute atomic E-state index is 0.243. The quantitative estimate of drug-likeness (QED) is 0.705. The number of nitrogens with two attached hydrogens (primary N) is 1. The first-order valence-corrected chi connectivity index (χ1v) is 9.16. The van der Waals surface area contributed by atoms with E-state index in [1.54, 1.807) is 36.1 Å². The third kappa shape index (κ3) is 3.77. The summed E-state index contributed by atoms with van der Waals surface area (Å²) in [6, 6.07) is 18.9. The smallest absolute Gasteiger partial charge is 0.266 e. The average molecular weight is 391 g/mol. The molecule has 2 heterocycles. The number of methoxy groups -OCH3 is 1. The number of para-hydroxylation sites is 1. The highest BCUT2D eigenvalue weighted by Gasteiger charge is 2.32. The second kappa shape index (κ2) is 8.28. The Morgan fingerprint density at radius 1 is 1.21 bits per heavy atom. The molecule has 0 bridgehead atoms. The van der Waals surface area contributed by atoms with Gasteiger partial charge in [-0.15, -0.1) is 5.10 Å². The Morgan fingerprint density at radius 3 is 2.66 bits per heavy atom. The van der Waals surface area contributed by atoms with Crippen molar-refractivity contribution in [3.63, 3.8) is 0 Å². The molecule has 1 aromatic heterocycles. The van der Waals surface area contributed by atoms with Crippen molar-refractivity contribution >= 4 is 17.6 Å². The van der Waals surface area contributed by atoms with Crippen molar-refractivity contribution in [2.75, 3.05) is 37.6 Å². The Balaban J connectivity index is 1.76. The Morgan fingerprint density at radius 2 is 1.97 bits per heavy atom. The zero-order chi connectivity index (χ0) is 20.2. The minimum atomic E-state index is -0.285. The normalized spacial score (nSPS) is 17.0. The standard InChI is InChI=1S/C20H21N7O2/c1-28-18-14-29-12-11-25(18)27(17-5-3-2-4-6-17)20-23-19(22)26(24-20)16-9-7-15(13-21)8-10-16/h2-10,18H,11-12,14H2,1H3,(H2,22,23,24). The molecule has 9 nitrogen and oxygen atoms in total. The summed E-state index contributed by atoms with van der Waals surface area (Å²) in [5, 5.41) is 17.6. The van der Waals surface area contributed by atoms with Gasteiger partial charge in [-0.25, -0.2) is 5.01 Å². The summed E-state index contributed by atoms with van der Waals surface area (Å²) < 4.78 is 12.7. The second-order valence-corrected chi connectivity index (χ2v) is 6.42. The summed E-state index contributed by atoms with van der Waals surface area (Å²) in [4.78, 5) is 4.50. The van der Waals surface area contributed by atoms with E-state index in [4.69, 9.17) is 20.5 Å². The minimum Gasteiger partial charge on any atom is -0.376 e. The van der Waals surface area contributed by atoms with E-state index in [0.717, 1.165) is 11.4 Å². The van der Waals surface area contributed by atoms with Gasteiger partial charge in [-0.3, -0.25) is 0 Å². The van der Waals surface area contributed by atoms with Gasteiger partial charge in [0.1, 0.15) is 0 Å². The molecule has 0 radical (unpaired) electrons. The van der Waals surface area contributed by atoms with E-state index in [0.29, 0.717) is 31.3 Å². The third-order valence-electron chi connectivity index (χ3n) is 4.64. The molecular weight excluding hydrogens is 370 g/mol. The van der Waals surface area contributed by atoms with E-state index >= 15 is 0 Å². The fraction of sp³-hybridized carbons (Fsp3) is 0.250. The number of aromatic nitrogens is 3. The van der Waals surface area contributed by atoms with Crippen LogP contribution in [-0.4, -0.2) is 52.9 Å². The van der Waals surface area contributed by atoms with Crippen LogP contribution in [0.2, 0.25) is 0 Å². The number of rotatable bonds is 5. The van der Waals surface area contributed by atoms with Crippen LogP contribution in [0.15, 0.2) is 54.6 Å². The van der Waals surface area contributed by atoms with Crippen LogP contribution in [0.5, 0.6) is 0 Å². The van der Waals surface area contributed by atoms with Crippen LogP contribution in [0.4, 0.5) is 17.6 Å². The largest absolute Gasteiger partial charge is 0.376 e. The fourth-order valence-corrected chi connectivity index (χ4v) is 3.21. The van der Waals surface area contributed by atoms with Crippen LogP contribution >= 0.6 is 0 Å². The summed E-state index contributed by atoms with van der Waals surface area (Å²) in [6.07, 6.45) is -0.285. The van der Waals surface area contributed by atoms with Gasteiger partial charge in [0.15, 0.2) is 6.23 Å². The second-order valence-electron chi connectivity index (χ2n) is 6.42. The molecule has 1 aliphatic heterocycles. The van der Waals surface area contributed by atoms with Gasteiger partial charge < -0.3 is 15.2 Å². The number of hydrazine groups is 1. The molecule has 2 N–H and O–H groups in total. The van der Waals surface area contributed by atoms with Crippen molar-refractivity contribution in [2.24, 2.45) is 0 Å². The molecule has 148 valence electrons. The molecule has 1 aliphatic rings. The summed E-state index contributed by atoms with van der Waals surface area (Å²) >= 11 is 0. The molecule has 29 heavy (non-hydrogen) atoms. The maximum atomic E-state index is 9.01. The molecule has 0 saturated carbocycles. The maximum absolute atomic E-state index is 9.01. The molecule has 0 spiro atoms. The van der Waals surface area contributed by atoms with Gasteiger partial charge in [-0.1, -0.05) is 18.2 Å². The van der Waals surface area contributed by atoms with Crippen molar-refractivity contribution in [1.82, 2.24) is 19.8 Å². The molecule has 1 saturated heterocycles. The molecule has 4 rings (SSSR count). The van der Waals surface area contributed by atoms with E-state index in [9.17, 15) is 0 Å². The third-order valence-corrected chi connectivity index (χ3v) is 4.64. The van der Waals surface area contributed by atoms with Crippen molar-refractivity contribution in [2.45, 2.75) is 6.23 Å². The van der Waals surface area contributed by atoms with Gasteiger partial charge in [0.25, 0.3) is 5.95 Å². The van der Waals surface area contributed by atoms with Gasteiger partial charge in [0.2, 0.25) is 5.95 Å². The summed E-state index contributed by atoms with van der Waals surface area (Å²) in [7, 11) is 1.65. The van der Waals surface area contributed by atoms with E-state index in [2.05, 4.69) is 16.2 Å². The SMILES string of the molecule is COC1COCCN1N(c1ccccc1)c1nc(N)n(-c2ccc(C#N)cc2)n1. The lowest BCUT2D eigenvalue weighted by Crippen LogP contribution is -2.54. The van der Waals surface area contributed by atoms with Crippen LogP contribution < -0.4 is 10.7 Å². The maximum Gasteiger partial charge on any atom is 0.266 e. The summed E-state index contributed by atoms with van der Waals surface area (Å²) in [5.41, 5.74) is 8.35. The number of hydrogen-bond acceptors (Lipinski definition) is 8. The lowest BCUT2D eigenvalue weighted by molar-refractivity contribution is -0.124. The van der Waals surface area contributed by atoms with Crippen molar-refractivity contribution in [1.29, 1.82) is 5.26 Å². The molecular formula is C20H21N7O2. The Hall–Kier alpha value is -3.45. The first-order chi connectivity index (χ1) is 14.2. The first kappa shape index (κ1) is 18.9. The van der Waals surface area contributed by atoms with E-state index in [1.165, 1.54) is 0 Å². The van der Waals surface area contributed by atoms with Crippen LogP contribution in [-0.2, 0) is 9.47 Å². The number of morpholine rings is 1. The summed E-state index contributed by atoms with van der Waals surface area (Å²) in [6.45, 7) is 1.61. The number of benzene rings is 2. The lowest BCUT2D eigenvalue weighted by Gasteiger charge is -2.41. The molecule has 2 aromatic carbocycles. The molecule has 3 aromatic rings. The monoisotopic (exact) mass is 391 g/mol. The van der Waals surface area contributed by atoms with Crippen molar-refractivity contribution < 1.29 is 9.47 Å². The van der Waals surface area contributed by atoms with Crippen LogP contribution in [0, 0.1) is 11.3 Å². The highest BCUT2D eigenvalue weighted by Crippen LogP contribution is 2.29. The number of nitrogen functional groups attached to an aromatic ring is 1. The van der Waals surface area contributed by atoms with Gasteiger partial charge in [0.05, 0.1) is 36.2 Å². The molecule has 0 aliphatic carbocycles. The number of nitriles is 1. The highest BCUT2D eigenvalue weighted by molar-refractivity contribution is 5.57. The number of ether oxygens (including phenoxy) is 2. The van der Waals surface area contributed by atoms with Crippen LogP contribution in [0.1, 0.15) is 5.56 Å². The molecule has 9 heteroatoms. The van der Waals surface area contributed by atoms with E-state index in [-0.39, 0.29) is 12.2 Å². The lowest BCUT2D eigenvalue weighted by atomic mass is 10.2. The summed E-state index contributed by atoms with van der Waals surface area (Å²) in [5.74, 6) is 0.662. The molecule has 1 atom stereocenters. The van der Waals surface area contributed by atoms with Crippen LogP contribution in [0.25, 0.3) is 5.69 Å². The zero-order valence-corrected chi connectivity index (χ0v) is 16.0. The highest BCUT2D eigenvalue weighted by atomic mass is 16.5. The zero-order valence-electron chi connectivity index (χ0n) is 16.0. The van der Waals surface area contributed by atoms with Gasteiger partial charge in [-0.05, 0) is 36.4 Å². The van der Waals surface area contributed by atoms with Crippen LogP contribution in [0.3, 0.4) is 0 Å². The van der Waals surface area contributed by atoms with Crippen molar-refractivity contribution in [3.8, 4) is 11.8 Å². The van der Waals surface area contributed by atoms with E-state index < -0.39 is 0 Å². The number of nitrogens with zero attached hydrogens (tertiary/aromatic N) is 6. The fourth-order valence-electron chi connectivity index (χ4n) is 3.21. The van der Waals surface area contributed by atoms with Gasteiger partial charge in [0, 0.05) is 13.7 Å². The molecule has 1 fully saturated rings. The topological polar surface area (TPSA) is 105 Å². The van der Waals surface area contributed by atoms with Gasteiger partial charge in [-0.2, -0.15) is 19.9 Å². The predicted molar refractivity (Wildman–Crippen MR) is 107 cm³/mol. The molecule has 1 unspecified atom stereocenters. The predicted octanol–water partition coefficient (Wildman–Crippen LogP) is 2.08. The van der Waals surface area contributed by atoms with Gasteiger partial charge >= 0.3 is 0 Å². The Kier molecular flexibility index (Phi) is 5.39. The number of hydrogen-bond donors (Lipinski definition) is 1. The van der Waals surface area contributed by atoms with Crippen molar-refractivity contribution in [3.05, 3.63) is 60.2 Å².